The van der Waals surface area contributed by atoms with Crippen molar-refractivity contribution < 1.29 is 9.53 Å². The molecule has 29 heavy (non-hydrogen) atoms. The Kier molecular flexibility index (Phi) is 5.14. The fourth-order valence-corrected chi connectivity index (χ4v) is 4.14. The third-order valence-corrected chi connectivity index (χ3v) is 5.65. The van der Waals surface area contributed by atoms with Crippen molar-refractivity contribution in [1.82, 2.24) is 9.55 Å². The minimum atomic E-state index is -0.292. The van der Waals surface area contributed by atoms with Gasteiger partial charge in [0.1, 0.15) is 22.9 Å². The minimum absolute atomic E-state index is 0.101. The van der Waals surface area contributed by atoms with Crippen molar-refractivity contribution in [3.63, 3.8) is 0 Å². The van der Waals surface area contributed by atoms with Gasteiger partial charge in [-0.1, -0.05) is 30.3 Å². The zero-order chi connectivity index (χ0) is 20.4. The Balaban J connectivity index is 1.61. The summed E-state index contributed by atoms with van der Waals surface area (Å²) in [5.41, 5.74) is 1.46. The van der Waals surface area contributed by atoms with Gasteiger partial charge in [0.05, 0.1) is 12.5 Å². The smallest absolute Gasteiger partial charge is 0.262 e. The molecule has 1 N–H and O–H groups in total. The molecule has 146 valence electrons. The van der Waals surface area contributed by atoms with Crippen molar-refractivity contribution in [2.45, 2.75) is 13.5 Å². The van der Waals surface area contributed by atoms with Gasteiger partial charge in [-0.2, -0.15) is 0 Å². The predicted molar refractivity (Wildman–Crippen MR) is 116 cm³/mol. The van der Waals surface area contributed by atoms with Crippen molar-refractivity contribution >= 4 is 33.1 Å². The van der Waals surface area contributed by atoms with Crippen LogP contribution in [0.4, 0.5) is 5.69 Å². The molecule has 0 fully saturated rings. The van der Waals surface area contributed by atoms with Crippen LogP contribution in [0.25, 0.3) is 20.7 Å². The lowest BCUT2D eigenvalue weighted by molar-refractivity contribution is -0.116. The Bertz CT molecular complexity index is 1230. The summed E-state index contributed by atoms with van der Waals surface area (Å²) in [5.74, 6) is 0.922. The van der Waals surface area contributed by atoms with Gasteiger partial charge in [-0.05, 0) is 42.8 Å². The Morgan fingerprint density at radius 2 is 1.86 bits per heavy atom. The molecule has 4 rings (SSSR count). The molecule has 2 heterocycles. The monoisotopic (exact) mass is 405 g/mol. The van der Waals surface area contributed by atoms with Crippen molar-refractivity contribution in [2.24, 2.45) is 0 Å². The van der Waals surface area contributed by atoms with Crippen LogP contribution < -0.4 is 15.6 Å². The lowest BCUT2D eigenvalue weighted by Crippen LogP contribution is -2.29. The van der Waals surface area contributed by atoms with E-state index in [1.165, 1.54) is 15.9 Å². The number of amides is 1. The van der Waals surface area contributed by atoms with Crippen molar-refractivity contribution in [3.05, 3.63) is 76.8 Å². The molecule has 4 aromatic rings. The van der Waals surface area contributed by atoms with E-state index in [0.717, 1.165) is 10.4 Å². The van der Waals surface area contributed by atoms with Crippen LogP contribution in [0.3, 0.4) is 0 Å². The molecule has 0 bridgehead atoms. The molecule has 0 atom stereocenters. The number of hydrogen-bond acceptors (Lipinski definition) is 5. The second-order valence-corrected chi connectivity index (χ2v) is 7.55. The van der Waals surface area contributed by atoms with E-state index in [0.29, 0.717) is 27.5 Å². The number of anilines is 1. The summed E-state index contributed by atoms with van der Waals surface area (Å²) >= 11 is 1.48. The standard InChI is InChI=1S/C22H19N3O3S/c1-14-23-21-18(12-19(29-21)15-6-4-3-5-7-15)22(27)25(14)13-20(26)24-16-8-10-17(28-2)11-9-16/h3-12H,13H2,1-2H3,(H,24,26). The van der Waals surface area contributed by atoms with Crippen molar-refractivity contribution in [3.8, 4) is 16.2 Å². The van der Waals surface area contributed by atoms with Gasteiger partial charge >= 0.3 is 0 Å². The molecule has 0 aliphatic carbocycles. The minimum Gasteiger partial charge on any atom is -0.497 e. The van der Waals surface area contributed by atoms with E-state index in [9.17, 15) is 9.59 Å². The molecule has 0 saturated carbocycles. The highest BCUT2D eigenvalue weighted by Gasteiger charge is 2.15. The number of benzene rings is 2. The summed E-state index contributed by atoms with van der Waals surface area (Å²) in [6, 6.07) is 18.7. The SMILES string of the molecule is COc1ccc(NC(=O)Cn2c(C)nc3sc(-c4ccccc4)cc3c2=O)cc1. The fraction of sp³-hybridized carbons (Fsp3) is 0.136. The van der Waals surface area contributed by atoms with E-state index in [4.69, 9.17) is 4.74 Å². The number of carbonyl (C=O) groups excluding carboxylic acids is 1. The predicted octanol–water partition coefficient (Wildman–Crippen LogP) is 4.08. The van der Waals surface area contributed by atoms with E-state index in [1.54, 1.807) is 38.3 Å². The van der Waals surface area contributed by atoms with Crippen LogP contribution in [0.2, 0.25) is 0 Å². The Hall–Kier alpha value is -3.45. The second-order valence-electron chi connectivity index (χ2n) is 6.52. The Morgan fingerprint density at radius 1 is 1.14 bits per heavy atom. The lowest BCUT2D eigenvalue weighted by Gasteiger charge is -2.10. The van der Waals surface area contributed by atoms with Crippen molar-refractivity contribution in [1.29, 1.82) is 0 Å². The maximum atomic E-state index is 13.0. The number of rotatable bonds is 5. The number of fused-ring (bicyclic) bond motifs is 1. The summed E-state index contributed by atoms with van der Waals surface area (Å²) in [5, 5.41) is 3.32. The van der Waals surface area contributed by atoms with Crippen LogP contribution in [0.1, 0.15) is 5.82 Å². The van der Waals surface area contributed by atoms with Gasteiger partial charge in [0, 0.05) is 10.6 Å². The second kappa shape index (κ2) is 7.89. The number of methoxy groups -OCH3 is 1. The molecule has 6 nitrogen and oxygen atoms in total. The zero-order valence-corrected chi connectivity index (χ0v) is 16.8. The van der Waals surface area contributed by atoms with E-state index < -0.39 is 0 Å². The van der Waals surface area contributed by atoms with Gasteiger partial charge in [-0.15, -0.1) is 11.3 Å². The maximum absolute atomic E-state index is 13.0. The summed E-state index contributed by atoms with van der Waals surface area (Å²) in [7, 11) is 1.58. The van der Waals surface area contributed by atoms with Gasteiger partial charge in [0.25, 0.3) is 5.56 Å². The molecule has 2 aromatic heterocycles. The third kappa shape index (κ3) is 3.90. The van der Waals surface area contributed by atoms with Crippen LogP contribution in [-0.2, 0) is 11.3 Å². The molecule has 0 aliphatic rings. The van der Waals surface area contributed by atoms with Gasteiger partial charge in [-0.25, -0.2) is 4.98 Å². The number of aryl methyl sites for hydroxylation is 1. The Labute approximate surface area is 171 Å². The topological polar surface area (TPSA) is 73.2 Å². The number of nitrogens with zero attached hydrogens (tertiary/aromatic N) is 2. The fourth-order valence-electron chi connectivity index (χ4n) is 3.07. The largest absolute Gasteiger partial charge is 0.497 e. The first kappa shape index (κ1) is 18.9. The number of thiophene rings is 1. The first-order valence-corrected chi connectivity index (χ1v) is 9.87. The average molecular weight is 405 g/mol. The highest BCUT2D eigenvalue weighted by molar-refractivity contribution is 7.21. The number of carbonyl (C=O) groups is 1. The zero-order valence-electron chi connectivity index (χ0n) is 16.0. The summed E-state index contributed by atoms with van der Waals surface area (Å²) in [6.45, 7) is 1.64. The quantitative estimate of drug-likeness (QED) is 0.543. The average Bonchev–Trinajstić information content (AvgIpc) is 3.16. The van der Waals surface area contributed by atoms with Crippen LogP contribution in [-0.4, -0.2) is 22.6 Å². The number of nitrogens with one attached hydrogen (secondary N) is 1. The first-order valence-electron chi connectivity index (χ1n) is 9.05. The lowest BCUT2D eigenvalue weighted by atomic mass is 10.2. The number of aromatic nitrogens is 2. The van der Waals surface area contributed by atoms with Crippen LogP contribution in [0.15, 0.2) is 65.5 Å². The number of hydrogen-bond donors (Lipinski definition) is 1. The molecule has 0 saturated heterocycles. The van der Waals surface area contributed by atoms with E-state index in [1.807, 2.05) is 36.4 Å². The summed E-state index contributed by atoms with van der Waals surface area (Å²) < 4.78 is 6.52. The normalized spacial score (nSPS) is 10.8. The highest BCUT2D eigenvalue weighted by atomic mass is 32.1. The maximum Gasteiger partial charge on any atom is 0.262 e. The molecule has 0 aliphatic heterocycles. The Morgan fingerprint density at radius 3 is 2.55 bits per heavy atom. The molecule has 0 spiro atoms. The molecule has 0 unspecified atom stereocenters. The molecule has 7 heteroatoms. The van der Waals surface area contributed by atoms with Crippen molar-refractivity contribution in [2.75, 3.05) is 12.4 Å². The number of ether oxygens (including phenoxy) is 1. The van der Waals surface area contributed by atoms with Gasteiger partial charge in [0.2, 0.25) is 5.91 Å². The highest BCUT2D eigenvalue weighted by Crippen LogP contribution is 2.30. The van der Waals surface area contributed by atoms with Gasteiger partial charge < -0.3 is 10.1 Å². The van der Waals surface area contributed by atoms with E-state index >= 15 is 0 Å². The van der Waals surface area contributed by atoms with Crippen LogP contribution in [0, 0.1) is 6.92 Å². The first-order chi connectivity index (χ1) is 14.0. The molecule has 0 radical (unpaired) electrons. The molecular weight excluding hydrogens is 386 g/mol. The molecular formula is C22H19N3O3S. The summed E-state index contributed by atoms with van der Waals surface area (Å²) in [6.07, 6.45) is 0. The van der Waals surface area contributed by atoms with E-state index in [-0.39, 0.29) is 18.0 Å². The van der Waals surface area contributed by atoms with Crippen LogP contribution in [0.5, 0.6) is 5.75 Å². The van der Waals surface area contributed by atoms with Gasteiger partial charge in [0.15, 0.2) is 0 Å². The van der Waals surface area contributed by atoms with Crippen LogP contribution >= 0.6 is 11.3 Å². The van der Waals surface area contributed by atoms with E-state index in [2.05, 4.69) is 10.3 Å². The van der Waals surface area contributed by atoms with Gasteiger partial charge in [-0.3, -0.25) is 14.2 Å². The summed E-state index contributed by atoms with van der Waals surface area (Å²) in [4.78, 5) is 31.7. The molecule has 1 amide bonds. The molecule has 2 aromatic carbocycles. The third-order valence-electron chi connectivity index (χ3n) is 4.58.